The van der Waals surface area contributed by atoms with Gasteiger partial charge in [-0.1, -0.05) is 6.92 Å². The van der Waals surface area contributed by atoms with E-state index in [2.05, 4.69) is 22.5 Å². The molecule has 2 heterocycles. The van der Waals surface area contributed by atoms with Crippen molar-refractivity contribution in [1.82, 2.24) is 15.5 Å². The zero-order valence-corrected chi connectivity index (χ0v) is 14.7. The summed E-state index contributed by atoms with van der Waals surface area (Å²) in [6.07, 6.45) is 7.66. The van der Waals surface area contributed by atoms with Crippen LogP contribution in [0.4, 0.5) is 0 Å². The molecule has 21 heavy (non-hydrogen) atoms. The van der Waals surface area contributed by atoms with Crippen LogP contribution in [-0.2, 0) is 4.79 Å². The maximum Gasteiger partial charge on any atom is 0.220 e. The van der Waals surface area contributed by atoms with Crippen LogP contribution in [0.25, 0.3) is 0 Å². The Morgan fingerprint density at radius 3 is 2.52 bits per heavy atom. The quantitative estimate of drug-likeness (QED) is 0.780. The van der Waals surface area contributed by atoms with Crippen LogP contribution in [-0.4, -0.2) is 49.1 Å². The predicted octanol–water partition coefficient (Wildman–Crippen LogP) is 2.35. The van der Waals surface area contributed by atoms with Crippen molar-refractivity contribution in [1.29, 1.82) is 0 Å². The number of amides is 1. The smallest absolute Gasteiger partial charge is 0.220 e. The first-order valence-corrected chi connectivity index (χ1v) is 8.03. The van der Waals surface area contributed by atoms with E-state index in [0.29, 0.717) is 18.5 Å². The topological polar surface area (TPSA) is 44.4 Å². The number of nitrogens with zero attached hydrogens (tertiary/aromatic N) is 1. The Hall–Kier alpha value is -0.0300. The number of rotatable bonds is 6. The molecule has 0 spiro atoms. The fourth-order valence-electron chi connectivity index (χ4n) is 3.23. The van der Waals surface area contributed by atoms with Crippen LogP contribution < -0.4 is 10.6 Å². The van der Waals surface area contributed by atoms with Gasteiger partial charge in [-0.15, -0.1) is 24.8 Å². The van der Waals surface area contributed by atoms with E-state index >= 15 is 0 Å². The highest BCUT2D eigenvalue weighted by Crippen LogP contribution is 2.13. The molecule has 6 heteroatoms. The number of carbonyl (C=O) groups is 1. The summed E-state index contributed by atoms with van der Waals surface area (Å²) in [6, 6.07) is 0.995. The summed E-state index contributed by atoms with van der Waals surface area (Å²) in [7, 11) is 0. The van der Waals surface area contributed by atoms with Crippen molar-refractivity contribution in [2.45, 2.75) is 64.0 Å². The number of piperidine rings is 1. The fourth-order valence-corrected chi connectivity index (χ4v) is 3.23. The molecule has 0 bridgehead atoms. The molecule has 0 aromatic rings. The first-order chi connectivity index (χ1) is 9.28. The van der Waals surface area contributed by atoms with Crippen LogP contribution in [0.15, 0.2) is 0 Å². The standard InChI is InChI=1S/C15H29N3O.2ClH/c1-2-10-18-11-7-14(8-12-18)17-15(19)6-5-13-4-3-9-16-13;;/h13-14,16H,2-12H2,1H3,(H,17,19);2*1H. The van der Waals surface area contributed by atoms with Crippen molar-refractivity contribution in [3.05, 3.63) is 0 Å². The van der Waals surface area contributed by atoms with E-state index in [1.54, 1.807) is 0 Å². The molecule has 0 aromatic heterocycles. The maximum atomic E-state index is 11.9. The molecule has 4 nitrogen and oxygen atoms in total. The molecule has 0 aromatic carbocycles. The predicted molar refractivity (Wildman–Crippen MR) is 92.7 cm³/mol. The van der Waals surface area contributed by atoms with Crippen molar-refractivity contribution in [3.63, 3.8) is 0 Å². The molecule has 1 amide bonds. The van der Waals surface area contributed by atoms with Gasteiger partial charge in [0.2, 0.25) is 5.91 Å². The number of carbonyl (C=O) groups excluding carboxylic acids is 1. The van der Waals surface area contributed by atoms with Crippen molar-refractivity contribution in [2.24, 2.45) is 0 Å². The van der Waals surface area contributed by atoms with Gasteiger partial charge in [0.1, 0.15) is 0 Å². The maximum absolute atomic E-state index is 11.9. The molecule has 2 aliphatic heterocycles. The minimum atomic E-state index is 0. The third-order valence-electron chi connectivity index (χ3n) is 4.37. The van der Waals surface area contributed by atoms with Gasteiger partial charge in [-0.2, -0.15) is 0 Å². The number of halogens is 2. The average molecular weight is 340 g/mol. The van der Waals surface area contributed by atoms with Gasteiger partial charge < -0.3 is 15.5 Å². The highest BCUT2D eigenvalue weighted by atomic mass is 35.5. The first kappa shape index (κ1) is 21.0. The molecule has 2 N–H and O–H groups in total. The highest BCUT2D eigenvalue weighted by Gasteiger charge is 2.21. The summed E-state index contributed by atoms with van der Waals surface area (Å²) in [5.74, 6) is 0.252. The molecular formula is C15H31Cl2N3O. The molecule has 0 saturated carbocycles. The van der Waals surface area contributed by atoms with Crippen LogP contribution >= 0.6 is 24.8 Å². The third kappa shape index (κ3) is 7.68. The van der Waals surface area contributed by atoms with E-state index < -0.39 is 0 Å². The number of likely N-dealkylation sites (tertiary alicyclic amines) is 1. The number of hydrogen-bond acceptors (Lipinski definition) is 3. The Bertz CT molecular complexity index is 278. The zero-order valence-electron chi connectivity index (χ0n) is 13.1. The van der Waals surface area contributed by atoms with E-state index in [0.717, 1.165) is 38.9 Å². The van der Waals surface area contributed by atoms with E-state index in [4.69, 9.17) is 0 Å². The third-order valence-corrected chi connectivity index (χ3v) is 4.37. The van der Waals surface area contributed by atoms with Crippen molar-refractivity contribution in [2.75, 3.05) is 26.2 Å². The first-order valence-electron chi connectivity index (χ1n) is 8.03. The summed E-state index contributed by atoms with van der Waals surface area (Å²) < 4.78 is 0. The minimum absolute atomic E-state index is 0. The van der Waals surface area contributed by atoms with Crippen molar-refractivity contribution in [3.8, 4) is 0 Å². The summed E-state index contributed by atoms with van der Waals surface area (Å²) in [5, 5.41) is 6.66. The van der Waals surface area contributed by atoms with Gasteiger partial charge in [0.25, 0.3) is 0 Å². The lowest BCUT2D eigenvalue weighted by Crippen LogP contribution is -2.44. The van der Waals surface area contributed by atoms with Crippen LogP contribution in [0, 0.1) is 0 Å². The van der Waals surface area contributed by atoms with Gasteiger partial charge in [0.15, 0.2) is 0 Å². The van der Waals surface area contributed by atoms with Gasteiger partial charge in [-0.3, -0.25) is 4.79 Å². The second kappa shape index (κ2) is 11.5. The molecule has 2 rings (SSSR count). The summed E-state index contributed by atoms with van der Waals surface area (Å²) in [6.45, 7) is 6.84. The van der Waals surface area contributed by atoms with Gasteiger partial charge in [0, 0.05) is 31.6 Å². The summed E-state index contributed by atoms with van der Waals surface area (Å²) in [5.41, 5.74) is 0. The highest BCUT2D eigenvalue weighted by molar-refractivity contribution is 5.85. The number of hydrogen-bond donors (Lipinski definition) is 2. The normalized spacial score (nSPS) is 23.2. The number of nitrogens with one attached hydrogen (secondary N) is 2. The Kier molecular flexibility index (Phi) is 11.5. The van der Waals surface area contributed by atoms with E-state index in [-0.39, 0.29) is 30.7 Å². The Morgan fingerprint density at radius 2 is 1.95 bits per heavy atom. The fraction of sp³-hybridized carbons (Fsp3) is 0.933. The molecule has 1 atom stereocenters. The van der Waals surface area contributed by atoms with Crippen molar-refractivity contribution < 1.29 is 4.79 Å². The van der Waals surface area contributed by atoms with E-state index in [9.17, 15) is 4.79 Å². The molecule has 1 unspecified atom stereocenters. The molecule has 0 radical (unpaired) electrons. The van der Waals surface area contributed by atoms with E-state index in [1.165, 1.54) is 25.8 Å². The lowest BCUT2D eigenvalue weighted by atomic mass is 10.0. The molecular weight excluding hydrogens is 309 g/mol. The average Bonchev–Trinajstić information content (AvgIpc) is 2.92. The van der Waals surface area contributed by atoms with Gasteiger partial charge in [-0.25, -0.2) is 0 Å². The van der Waals surface area contributed by atoms with Crippen LogP contribution in [0.5, 0.6) is 0 Å². The lowest BCUT2D eigenvalue weighted by molar-refractivity contribution is -0.122. The SMILES string of the molecule is CCCN1CCC(NC(=O)CCC2CCCN2)CC1.Cl.Cl. The second-order valence-electron chi connectivity index (χ2n) is 6.02. The summed E-state index contributed by atoms with van der Waals surface area (Å²) >= 11 is 0. The molecule has 2 aliphatic rings. The summed E-state index contributed by atoms with van der Waals surface area (Å²) in [4.78, 5) is 14.4. The Labute approximate surface area is 141 Å². The van der Waals surface area contributed by atoms with Gasteiger partial charge in [-0.05, 0) is 51.6 Å². The largest absolute Gasteiger partial charge is 0.353 e. The Balaban J connectivity index is 0.00000200. The van der Waals surface area contributed by atoms with Crippen molar-refractivity contribution >= 4 is 30.7 Å². The minimum Gasteiger partial charge on any atom is -0.353 e. The van der Waals surface area contributed by atoms with E-state index in [1.807, 2.05) is 0 Å². The van der Waals surface area contributed by atoms with Crippen LogP contribution in [0.1, 0.15) is 51.9 Å². The molecule has 0 aliphatic carbocycles. The van der Waals surface area contributed by atoms with Crippen LogP contribution in [0.2, 0.25) is 0 Å². The zero-order chi connectivity index (χ0) is 13.5. The van der Waals surface area contributed by atoms with Crippen LogP contribution in [0.3, 0.4) is 0 Å². The molecule has 126 valence electrons. The van der Waals surface area contributed by atoms with Gasteiger partial charge >= 0.3 is 0 Å². The molecule has 2 saturated heterocycles. The second-order valence-corrected chi connectivity index (χ2v) is 6.02. The molecule has 2 fully saturated rings. The Morgan fingerprint density at radius 1 is 1.24 bits per heavy atom. The van der Waals surface area contributed by atoms with Gasteiger partial charge in [0.05, 0.1) is 0 Å². The monoisotopic (exact) mass is 339 g/mol. The lowest BCUT2D eigenvalue weighted by Gasteiger charge is -2.32.